The molecule has 1 saturated carbocycles. The van der Waals surface area contributed by atoms with E-state index in [0.29, 0.717) is 22.7 Å². The second-order valence-corrected chi connectivity index (χ2v) is 7.89. The van der Waals surface area contributed by atoms with Crippen molar-refractivity contribution in [2.75, 3.05) is 0 Å². The van der Waals surface area contributed by atoms with E-state index in [1.165, 1.54) is 12.8 Å². The lowest BCUT2D eigenvalue weighted by molar-refractivity contribution is 0.0952. The van der Waals surface area contributed by atoms with Gasteiger partial charge in [-0.05, 0) is 56.0 Å². The summed E-state index contributed by atoms with van der Waals surface area (Å²) in [4.78, 5) is 28.0. The number of aromatic amines is 1. The quantitative estimate of drug-likeness (QED) is 0.619. The molecular formula is C22H26N4O3. The number of nitrogens with one attached hydrogen (secondary N) is 2. The smallest absolute Gasteiger partial charge is 0.253 e. The molecule has 0 saturated heterocycles. The Kier molecular flexibility index (Phi) is 5.24. The fourth-order valence-electron chi connectivity index (χ4n) is 4.29. The van der Waals surface area contributed by atoms with Crippen LogP contribution in [0.2, 0.25) is 0 Å². The highest BCUT2D eigenvalue weighted by Crippen LogP contribution is 2.33. The van der Waals surface area contributed by atoms with Crippen molar-refractivity contribution in [2.45, 2.75) is 58.7 Å². The Morgan fingerprint density at radius 2 is 2.03 bits per heavy atom. The Morgan fingerprint density at radius 3 is 2.72 bits per heavy atom. The van der Waals surface area contributed by atoms with E-state index in [4.69, 9.17) is 0 Å². The van der Waals surface area contributed by atoms with Gasteiger partial charge in [-0.3, -0.25) is 14.3 Å². The molecule has 2 heterocycles. The number of carbonyl (C=O) groups is 1. The Balaban J connectivity index is 1.66. The Morgan fingerprint density at radius 1 is 1.28 bits per heavy atom. The molecule has 152 valence electrons. The highest BCUT2D eigenvalue weighted by Gasteiger charge is 2.22. The van der Waals surface area contributed by atoms with Crippen molar-refractivity contribution < 1.29 is 9.90 Å². The van der Waals surface area contributed by atoms with Gasteiger partial charge in [-0.2, -0.15) is 5.10 Å². The van der Waals surface area contributed by atoms with Crippen molar-refractivity contribution in [3.63, 3.8) is 0 Å². The summed E-state index contributed by atoms with van der Waals surface area (Å²) in [5.74, 6) is -0.282. The van der Waals surface area contributed by atoms with Crippen LogP contribution in [-0.2, 0) is 13.2 Å². The molecule has 29 heavy (non-hydrogen) atoms. The van der Waals surface area contributed by atoms with Crippen LogP contribution in [0.15, 0.2) is 29.2 Å². The van der Waals surface area contributed by atoms with Crippen LogP contribution in [0.5, 0.6) is 0 Å². The summed E-state index contributed by atoms with van der Waals surface area (Å²) in [5.41, 5.74) is 4.00. The third kappa shape index (κ3) is 3.70. The summed E-state index contributed by atoms with van der Waals surface area (Å²) in [7, 11) is 0. The van der Waals surface area contributed by atoms with E-state index in [2.05, 4.69) is 15.4 Å². The molecule has 3 N–H and O–H groups in total. The van der Waals surface area contributed by atoms with Gasteiger partial charge in [-0.15, -0.1) is 0 Å². The third-order valence-electron chi connectivity index (χ3n) is 5.79. The van der Waals surface area contributed by atoms with Gasteiger partial charge in [-0.25, -0.2) is 0 Å². The molecule has 0 unspecified atom stereocenters. The van der Waals surface area contributed by atoms with Crippen molar-refractivity contribution in [3.8, 4) is 0 Å². The molecule has 0 spiro atoms. The van der Waals surface area contributed by atoms with E-state index in [0.717, 1.165) is 35.0 Å². The van der Waals surface area contributed by atoms with E-state index < -0.39 is 0 Å². The Bertz CT molecular complexity index is 1120. The van der Waals surface area contributed by atoms with Crippen molar-refractivity contribution >= 4 is 16.8 Å². The average molecular weight is 394 g/mol. The van der Waals surface area contributed by atoms with Gasteiger partial charge in [0.2, 0.25) is 0 Å². The number of benzene rings is 1. The summed E-state index contributed by atoms with van der Waals surface area (Å²) < 4.78 is 1.99. The molecular weight excluding hydrogens is 368 g/mol. The molecule has 0 bridgehead atoms. The van der Waals surface area contributed by atoms with Crippen molar-refractivity contribution in [1.82, 2.24) is 20.1 Å². The number of aliphatic hydroxyl groups excluding tert-OH is 1. The number of H-pyrrole nitrogens is 1. The number of hydrogen-bond acceptors (Lipinski definition) is 4. The summed E-state index contributed by atoms with van der Waals surface area (Å²) in [6, 6.07) is 5.83. The number of carbonyl (C=O) groups excluding carboxylic acids is 1. The van der Waals surface area contributed by atoms with Crippen LogP contribution in [0.25, 0.3) is 10.9 Å². The fourth-order valence-corrected chi connectivity index (χ4v) is 4.29. The molecule has 1 aliphatic rings. The van der Waals surface area contributed by atoms with Crippen LogP contribution >= 0.6 is 0 Å². The maximum absolute atomic E-state index is 13.0. The van der Waals surface area contributed by atoms with Gasteiger partial charge in [0.1, 0.15) is 0 Å². The minimum Gasteiger partial charge on any atom is -0.392 e. The molecule has 7 nitrogen and oxygen atoms in total. The van der Waals surface area contributed by atoms with Gasteiger partial charge >= 0.3 is 0 Å². The summed E-state index contributed by atoms with van der Waals surface area (Å²) in [6.45, 7) is 3.68. The van der Waals surface area contributed by atoms with E-state index in [1.807, 2.05) is 30.7 Å². The number of fused-ring (bicyclic) bond motifs is 1. The number of hydrogen-bond donors (Lipinski definition) is 3. The highest BCUT2D eigenvalue weighted by molar-refractivity contribution is 6.06. The lowest BCUT2D eigenvalue weighted by Crippen LogP contribution is -2.28. The minimum atomic E-state index is -0.282. The second-order valence-electron chi connectivity index (χ2n) is 7.89. The molecule has 1 aliphatic carbocycles. The lowest BCUT2D eigenvalue weighted by Gasteiger charge is -2.13. The van der Waals surface area contributed by atoms with Crippen LogP contribution in [-0.4, -0.2) is 25.8 Å². The van der Waals surface area contributed by atoms with Crippen molar-refractivity contribution in [1.29, 1.82) is 0 Å². The first-order chi connectivity index (χ1) is 14.0. The first-order valence-electron chi connectivity index (χ1n) is 10.1. The molecule has 1 amide bonds. The maximum atomic E-state index is 13.0. The van der Waals surface area contributed by atoms with Gasteiger partial charge in [0.05, 0.1) is 29.9 Å². The zero-order valence-corrected chi connectivity index (χ0v) is 16.8. The second kappa shape index (κ2) is 7.83. The molecule has 3 aromatic rings. The molecule has 7 heteroatoms. The monoisotopic (exact) mass is 394 g/mol. The Hall–Kier alpha value is -2.93. The van der Waals surface area contributed by atoms with Gasteiger partial charge in [0, 0.05) is 23.2 Å². The van der Waals surface area contributed by atoms with Gasteiger partial charge < -0.3 is 15.4 Å². The number of pyridine rings is 1. The topological polar surface area (TPSA) is 100 Å². The van der Waals surface area contributed by atoms with E-state index in [-0.39, 0.29) is 24.6 Å². The van der Waals surface area contributed by atoms with Crippen LogP contribution < -0.4 is 10.9 Å². The highest BCUT2D eigenvalue weighted by atomic mass is 16.3. The first-order valence-corrected chi connectivity index (χ1v) is 10.1. The normalized spacial score (nSPS) is 14.6. The average Bonchev–Trinajstić information content (AvgIpc) is 3.35. The third-order valence-corrected chi connectivity index (χ3v) is 5.79. The summed E-state index contributed by atoms with van der Waals surface area (Å²) in [6.07, 6.45) is 6.26. The standard InChI is InChI=1S/C22H26N4O3/c1-13-7-14(2)25-22(29)18(13)10-23-21(28)17-8-15(12-27)9-20-19(17)11-24-26(20)16-5-3-4-6-16/h7-9,11,16,27H,3-6,10,12H2,1-2H3,(H,23,28)(H,25,29). The zero-order chi connectivity index (χ0) is 20.5. The fraction of sp³-hybridized carbons (Fsp3) is 0.409. The van der Waals surface area contributed by atoms with Gasteiger partial charge in [0.25, 0.3) is 11.5 Å². The summed E-state index contributed by atoms with van der Waals surface area (Å²) in [5, 5.41) is 17.9. The largest absolute Gasteiger partial charge is 0.392 e. The lowest BCUT2D eigenvalue weighted by atomic mass is 10.0. The zero-order valence-electron chi connectivity index (χ0n) is 16.8. The van der Waals surface area contributed by atoms with Gasteiger partial charge in [-0.1, -0.05) is 12.8 Å². The van der Waals surface area contributed by atoms with Crippen molar-refractivity contribution in [3.05, 3.63) is 62.7 Å². The minimum absolute atomic E-state index is 0.141. The number of aliphatic hydroxyl groups is 1. The van der Waals surface area contributed by atoms with E-state index >= 15 is 0 Å². The molecule has 0 aliphatic heterocycles. The van der Waals surface area contributed by atoms with Crippen LogP contribution in [0.1, 0.15) is 64.5 Å². The predicted molar refractivity (Wildman–Crippen MR) is 111 cm³/mol. The molecule has 0 atom stereocenters. The maximum Gasteiger partial charge on any atom is 0.253 e. The summed E-state index contributed by atoms with van der Waals surface area (Å²) >= 11 is 0. The van der Waals surface area contributed by atoms with E-state index in [1.54, 1.807) is 12.3 Å². The molecule has 2 aromatic heterocycles. The van der Waals surface area contributed by atoms with Crippen LogP contribution in [0.4, 0.5) is 0 Å². The predicted octanol–water partition coefficient (Wildman–Crippen LogP) is 2.88. The van der Waals surface area contributed by atoms with Gasteiger partial charge in [0.15, 0.2) is 0 Å². The number of aromatic nitrogens is 3. The number of nitrogens with zero attached hydrogens (tertiary/aromatic N) is 2. The number of amides is 1. The molecule has 1 fully saturated rings. The SMILES string of the molecule is Cc1cc(C)c(CNC(=O)c2cc(CO)cc3c2cnn3C2CCCC2)c(=O)[nH]1. The number of aryl methyl sites for hydroxylation is 2. The molecule has 0 radical (unpaired) electrons. The van der Waals surface area contributed by atoms with E-state index in [9.17, 15) is 14.7 Å². The molecule has 4 rings (SSSR count). The number of rotatable bonds is 5. The first kappa shape index (κ1) is 19.4. The van der Waals surface area contributed by atoms with Crippen molar-refractivity contribution in [2.24, 2.45) is 0 Å². The van der Waals surface area contributed by atoms with Crippen LogP contribution in [0.3, 0.4) is 0 Å². The Labute approximate surface area is 168 Å². The van der Waals surface area contributed by atoms with Crippen LogP contribution in [0, 0.1) is 13.8 Å². The molecule has 1 aromatic carbocycles.